The van der Waals surface area contributed by atoms with Gasteiger partial charge in [0.25, 0.3) is 0 Å². The minimum Gasteiger partial charge on any atom is -0.340 e. The fourth-order valence-corrected chi connectivity index (χ4v) is 2.44. The molecule has 0 bridgehead atoms. The van der Waals surface area contributed by atoms with Crippen molar-refractivity contribution in [2.24, 2.45) is 0 Å². The molecule has 4 nitrogen and oxygen atoms in total. The van der Waals surface area contributed by atoms with Gasteiger partial charge in [0.1, 0.15) is 16.9 Å². The number of hydrogen-bond donors (Lipinski definition) is 1. The molecule has 1 aliphatic heterocycles. The average molecular weight is 292 g/mol. The van der Waals surface area contributed by atoms with E-state index in [9.17, 15) is 14.0 Å². The summed E-state index contributed by atoms with van der Waals surface area (Å²) in [7, 11) is 0. The van der Waals surface area contributed by atoms with Crippen LogP contribution in [0.25, 0.3) is 0 Å². The van der Waals surface area contributed by atoms with E-state index in [0.717, 1.165) is 0 Å². The first-order valence-electron chi connectivity index (χ1n) is 7.10. The largest absolute Gasteiger partial charge is 0.340 e. The van der Waals surface area contributed by atoms with Gasteiger partial charge in [-0.25, -0.2) is 4.39 Å². The second kappa shape index (κ2) is 5.13. The summed E-state index contributed by atoms with van der Waals surface area (Å²) < 4.78 is 13.9. The second-order valence-corrected chi connectivity index (χ2v) is 6.18. The lowest BCUT2D eigenvalue weighted by Gasteiger charge is -2.48. The maximum atomic E-state index is 13.9. The van der Waals surface area contributed by atoms with Crippen LogP contribution in [0.5, 0.6) is 0 Å². The fraction of sp³-hybridized carbons (Fsp3) is 0.500. The van der Waals surface area contributed by atoms with E-state index in [-0.39, 0.29) is 24.2 Å². The summed E-state index contributed by atoms with van der Waals surface area (Å²) in [5.74, 6) is -0.772. The number of carbonyl (C=O) groups excluding carboxylic acids is 2. The molecule has 0 spiro atoms. The molecule has 1 heterocycles. The molecule has 1 fully saturated rings. The SMILES string of the molecule is CCC1(C)NC(=O)C(C)(C)N(Cc2ccccc2F)C1=O. The maximum Gasteiger partial charge on any atom is 0.249 e. The van der Waals surface area contributed by atoms with Crippen molar-refractivity contribution in [1.29, 1.82) is 0 Å². The van der Waals surface area contributed by atoms with E-state index in [1.165, 1.54) is 11.0 Å². The van der Waals surface area contributed by atoms with Gasteiger partial charge < -0.3 is 10.2 Å². The third-order valence-electron chi connectivity index (χ3n) is 4.33. The van der Waals surface area contributed by atoms with E-state index < -0.39 is 11.1 Å². The minimum atomic E-state index is -1.01. The zero-order chi connectivity index (χ0) is 15.8. The lowest BCUT2D eigenvalue weighted by Crippen LogP contribution is -2.72. The van der Waals surface area contributed by atoms with Crippen LogP contribution in [0, 0.1) is 5.82 Å². The summed E-state index contributed by atoms with van der Waals surface area (Å²) in [6.07, 6.45) is 0.488. The molecule has 1 unspecified atom stereocenters. The Morgan fingerprint density at radius 3 is 2.38 bits per heavy atom. The molecule has 5 heteroatoms. The second-order valence-electron chi connectivity index (χ2n) is 6.18. The highest BCUT2D eigenvalue weighted by atomic mass is 19.1. The first kappa shape index (κ1) is 15.5. The molecule has 21 heavy (non-hydrogen) atoms. The highest BCUT2D eigenvalue weighted by Crippen LogP contribution is 2.30. The smallest absolute Gasteiger partial charge is 0.249 e. The number of carbonyl (C=O) groups is 2. The zero-order valence-electron chi connectivity index (χ0n) is 12.9. The summed E-state index contributed by atoms with van der Waals surface area (Å²) in [5.41, 5.74) is -1.53. The highest BCUT2D eigenvalue weighted by molar-refractivity contribution is 6.01. The summed E-state index contributed by atoms with van der Waals surface area (Å²) in [5, 5.41) is 2.79. The van der Waals surface area contributed by atoms with Crippen molar-refractivity contribution >= 4 is 11.8 Å². The Morgan fingerprint density at radius 1 is 1.19 bits per heavy atom. The van der Waals surface area contributed by atoms with Gasteiger partial charge in [-0.3, -0.25) is 9.59 Å². The van der Waals surface area contributed by atoms with E-state index in [1.54, 1.807) is 39.0 Å². The number of amides is 2. The lowest BCUT2D eigenvalue weighted by molar-refractivity contribution is -0.161. The van der Waals surface area contributed by atoms with Crippen LogP contribution in [0.4, 0.5) is 4.39 Å². The first-order valence-corrected chi connectivity index (χ1v) is 7.10. The van der Waals surface area contributed by atoms with E-state index >= 15 is 0 Å². The van der Waals surface area contributed by atoms with Crippen LogP contribution < -0.4 is 5.32 Å². The molecule has 1 aliphatic rings. The van der Waals surface area contributed by atoms with Gasteiger partial charge in [-0.15, -0.1) is 0 Å². The molecule has 0 aliphatic carbocycles. The van der Waals surface area contributed by atoms with Gasteiger partial charge in [0.15, 0.2) is 0 Å². The third-order valence-corrected chi connectivity index (χ3v) is 4.33. The normalized spacial score (nSPS) is 24.9. The Hall–Kier alpha value is -1.91. The fourth-order valence-electron chi connectivity index (χ4n) is 2.44. The topological polar surface area (TPSA) is 49.4 Å². The van der Waals surface area contributed by atoms with Crippen LogP contribution in [0.2, 0.25) is 0 Å². The van der Waals surface area contributed by atoms with Gasteiger partial charge in [-0.05, 0) is 33.3 Å². The van der Waals surface area contributed by atoms with Crippen molar-refractivity contribution in [3.05, 3.63) is 35.6 Å². The molecule has 2 amide bonds. The van der Waals surface area contributed by atoms with Gasteiger partial charge >= 0.3 is 0 Å². The van der Waals surface area contributed by atoms with Crippen LogP contribution >= 0.6 is 0 Å². The summed E-state index contributed by atoms with van der Waals surface area (Å²) in [6, 6.07) is 6.31. The number of nitrogens with zero attached hydrogens (tertiary/aromatic N) is 1. The quantitative estimate of drug-likeness (QED) is 0.928. The average Bonchev–Trinajstić information content (AvgIpc) is 2.44. The number of piperazine rings is 1. The number of halogens is 1. The van der Waals surface area contributed by atoms with Crippen molar-refractivity contribution < 1.29 is 14.0 Å². The Balaban J connectivity index is 2.40. The van der Waals surface area contributed by atoms with Crippen LogP contribution in [0.1, 0.15) is 39.7 Å². The Labute approximate surface area is 124 Å². The number of benzene rings is 1. The molecular formula is C16H21FN2O2. The van der Waals surface area contributed by atoms with Gasteiger partial charge in [-0.1, -0.05) is 25.1 Å². The molecular weight excluding hydrogens is 271 g/mol. The summed E-state index contributed by atoms with van der Waals surface area (Å²) in [4.78, 5) is 26.5. The van der Waals surface area contributed by atoms with Crippen molar-refractivity contribution in [1.82, 2.24) is 10.2 Å². The summed E-state index contributed by atoms with van der Waals surface area (Å²) >= 11 is 0. The molecule has 1 aromatic rings. The monoisotopic (exact) mass is 292 g/mol. The van der Waals surface area contributed by atoms with E-state index in [4.69, 9.17) is 0 Å². The Morgan fingerprint density at radius 2 is 1.81 bits per heavy atom. The zero-order valence-corrected chi connectivity index (χ0v) is 12.9. The predicted molar refractivity (Wildman–Crippen MR) is 77.9 cm³/mol. The molecule has 1 saturated heterocycles. The molecule has 0 aromatic heterocycles. The molecule has 0 saturated carbocycles. The Kier molecular flexibility index (Phi) is 3.78. The van der Waals surface area contributed by atoms with Crippen molar-refractivity contribution in [2.45, 2.75) is 51.7 Å². The van der Waals surface area contributed by atoms with Crippen LogP contribution in [0.3, 0.4) is 0 Å². The molecule has 0 radical (unpaired) electrons. The molecule has 2 rings (SSSR count). The van der Waals surface area contributed by atoms with Crippen LogP contribution in [-0.2, 0) is 16.1 Å². The van der Waals surface area contributed by atoms with E-state index in [1.807, 2.05) is 6.92 Å². The summed E-state index contributed by atoms with van der Waals surface area (Å²) in [6.45, 7) is 6.99. The molecule has 114 valence electrons. The van der Waals surface area contributed by atoms with Gasteiger partial charge in [0.2, 0.25) is 11.8 Å². The lowest BCUT2D eigenvalue weighted by atomic mass is 9.86. The molecule has 1 aromatic carbocycles. The van der Waals surface area contributed by atoms with Crippen molar-refractivity contribution in [3.63, 3.8) is 0 Å². The van der Waals surface area contributed by atoms with Crippen LogP contribution in [-0.4, -0.2) is 27.8 Å². The number of hydrogen-bond acceptors (Lipinski definition) is 2. The molecule has 1 N–H and O–H groups in total. The predicted octanol–water partition coefficient (Wildman–Crippen LogP) is 2.23. The van der Waals surface area contributed by atoms with Crippen molar-refractivity contribution in [3.8, 4) is 0 Å². The van der Waals surface area contributed by atoms with E-state index in [0.29, 0.717) is 12.0 Å². The van der Waals surface area contributed by atoms with Gasteiger partial charge in [0.05, 0.1) is 0 Å². The first-order chi connectivity index (χ1) is 9.72. The number of nitrogens with one attached hydrogen (secondary N) is 1. The van der Waals surface area contributed by atoms with Gasteiger partial charge in [0, 0.05) is 12.1 Å². The standard InChI is InChI=1S/C16H21FN2O2/c1-5-16(4)14(21)19(15(2,3)13(20)18-16)10-11-8-6-7-9-12(11)17/h6-9H,5,10H2,1-4H3,(H,18,20). The highest BCUT2D eigenvalue weighted by Gasteiger charge is 2.51. The van der Waals surface area contributed by atoms with E-state index in [2.05, 4.69) is 5.32 Å². The maximum absolute atomic E-state index is 13.9. The molecule has 1 atom stereocenters. The number of rotatable bonds is 3. The third kappa shape index (κ3) is 2.52. The van der Waals surface area contributed by atoms with Crippen LogP contribution in [0.15, 0.2) is 24.3 Å². The Bertz CT molecular complexity index is 585. The minimum absolute atomic E-state index is 0.0848. The van der Waals surface area contributed by atoms with Crippen molar-refractivity contribution in [2.75, 3.05) is 0 Å². The van der Waals surface area contributed by atoms with Gasteiger partial charge in [-0.2, -0.15) is 0 Å².